The average Bonchev–Trinajstić information content (AvgIpc) is 3.27. The average molecular weight is 417 g/mol. The van der Waals surface area contributed by atoms with Crippen molar-refractivity contribution in [1.82, 2.24) is 29.7 Å². The molecule has 0 N–H and O–H groups in total. The number of nitrogens with zero attached hydrogens (tertiary/aromatic N) is 6. The second-order valence-electron chi connectivity index (χ2n) is 8.48. The highest BCUT2D eigenvalue weighted by molar-refractivity contribution is 5.95. The van der Waals surface area contributed by atoms with Crippen molar-refractivity contribution >= 4 is 11.8 Å². The fraction of sp³-hybridized carbons (Fsp3) is 0.667. The van der Waals surface area contributed by atoms with Gasteiger partial charge >= 0.3 is 0 Å². The summed E-state index contributed by atoms with van der Waals surface area (Å²) in [6.45, 7) is 9.40. The lowest BCUT2D eigenvalue weighted by atomic mass is 10.0. The SMILES string of the molecule is CC(=O)N(CCc1noc(CC(C)C)n1)C1CCCN(C(=O)c2cnn(C)c2C)C1. The minimum Gasteiger partial charge on any atom is -0.339 e. The maximum absolute atomic E-state index is 13.0. The molecule has 1 aliphatic rings. The topological polar surface area (TPSA) is 97.4 Å². The molecule has 2 amide bonds. The smallest absolute Gasteiger partial charge is 0.257 e. The van der Waals surface area contributed by atoms with Gasteiger partial charge in [0.2, 0.25) is 11.8 Å². The van der Waals surface area contributed by atoms with Crippen LogP contribution in [0.15, 0.2) is 10.7 Å². The van der Waals surface area contributed by atoms with Crippen molar-refractivity contribution in [3.63, 3.8) is 0 Å². The Balaban J connectivity index is 1.64. The van der Waals surface area contributed by atoms with Crippen LogP contribution in [0.4, 0.5) is 0 Å². The molecular weight excluding hydrogens is 384 g/mol. The molecule has 1 fully saturated rings. The van der Waals surface area contributed by atoms with E-state index in [0.29, 0.717) is 49.3 Å². The number of aryl methyl sites for hydroxylation is 1. The second-order valence-corrected chi connectivity index (χ2v) is 8.48. The highest BCUT2D eigenvalue weighted by Gasteiger charge is 2.31. The summed E-state index contributed by atoms with van der Waals surface area (Å²) in [5, 5.41) is 8.22. The van der Waals surface area contributed by atoms with Crippen LogP contribution in [-0.4, -0.2) is 67.2 Å². The molecule has 3 rings (SSSR count). The van der Waals surface area contributed by atoms with Crippen molar-refractivity contribution in [1.29, 1.82) is 0 Å². The van der Waals surface area contributed by atoms with Crippen molar-refractivity contribution in [2.75, 3.05) is 19.6 Å². The molecule has 1 unspecified atom stereocenters. The van der Waals surface area contributed by atoms with Gasteiger partial charge in [0.1, 0.15) is 0 Å². The van der Waals surface area contributed by atoms with Gasteiger partial charge in [-0.2, -0.15) is 10.1 Å². The number of hydrogen-bond donors (Lipinski definition) is 0. The number of amides is 2. The lowest BCUT2D eigenvalue weighted by molar-refractivity contribution is -0.132. The van der Waals surface area contributed by atoms with Gasteiger partial charge in [0.15, 0.2) is 5.82 Å². The van der Waals surface area contributed by atoms with Gasteiger partial charge in [-0.1, -0.05) is 19.0 Å². The molecule has 2 aromatic rings. The third kappa shape index (κ3) is 5.06. The molecule has 0 bridgehead atoms. The molecule has 9 nitrogen and oxygen atoms in total. The van der Waals surface area contributed by atoms with Crippen molar-refractivity contribution < 1.29 is 14.1 Å². The molecule has 0 aromatic carbocycles. The van der Waals surface area contributed by atoms with E-state index in [9.17, 15) is 9.59 Å². The van der Waals surface area contributed by atoms with Crippen LogP contribution in [0.5, 0.6) is 0 Å². The molecular formula is C21H32N6O3. The number of carbonyl (C=O) groups is 2. The molecule has 0 saturated carbocycles. The number of likely N-dealkylation sites (tertiary alicyclic amines) is 1. The standard InChI is InChI=1S/C21H32N6O3/c1-14(2)11-20-23-19(24-30-20)8-10-27(16(4)28)17-7-6-9-26(13-17)21(29)18-12-22-25(5)15(18)3/h12,14,17H,6-11,13H2,1-5H3. The summed E-state index contributed by atoms with van der Waals surface area (Å²) in [5.74, 6) is 1.67. The Hall–Kier alpha value is -2.71. The maximum Gasteiger partial charge on any atom is 0.257 e. The molecule has 1 saturated heterocycles. The monoisotopic (exact) mass is 416 g/mol. The first kappa shape index (κ1) is 22.0. The summed E-state index contributed by atoms with van der Waals surface area (Å²) in [6.07, 6.45) is 4.64. The van der Waals surface area contributed by atoms with Gasteiger partial charge in [-0.3, -0.25) is 14.3 Å². The second kappa shape index (κ2) is 9.40. The van der Waals surface area contributed by atoms with Crippen LogP contribution in [0, 0.1) is 12.8 Å². The fourth-order valence-corrected chi connectivity index (χ4v) is 3.91. The van der Waals surface area contributed by atoms with Crippen LogP contribution in [0.1, 0.15) is 61.4 Å². The summed E-state index contributed by atoms with van der Waals surface area (Å²) < 4.78 is 7.00. The Bertz CT molecular complexity index is 887. The predicted octanol–water partition coefficient (Wildman–Crippen LogP) is 2.01. The van der Waals surface area contributed by atoms with Crippen molar-refractivity contribution in [3.8, 4) is 0 Å². The molecule has 3 heterocycles. The first-order chi connectivity index (χ1) is 14.3. The van der Waals surface area contributed by atoms with Crippen molar-refractivity contribution in [2.45, 2.75) is 59.4 Å². The van der Waals surface area contributed by atoms with E-state index in [-0.39, 0.29) is 17.9 Å². The zero-order chi connectivity index (χ0) is 21.8. The normalized spacial score (nSPS) is 16.9. The minimum atomic E-state index is -0.0229. The Morgan fingerprint density at radius 1 is 1.37 bits per heavy atom. The first-order valence-corrected chi connectivity index (χ1v) is 10.6. The molecule has 0 spiro atoms. The molecule has 1 atom stereocenters. The summed E-state index contributed by atoms with van der Waals surface area (Å²) in [4.78, 5) is 33.5. The third-order valence-corrected chi connectivity index (χ3v) is 5.66. The van der Waals surface area contributed by atoms with Gasteiger partial charge in [0.25, 0.3) is 5.91 Å². The highest BCUT2D eigenvalue weighted by Crippen LogP contribution is 2.20. The largest absolute Gasteiger partial charge is 0.339 e. The van der Waals surface area contributed by atoms with E-state index < -0.39 is 0 Å². The number of hydrogen-bond acceptors (Lipinski definition) is 6. The van der Waals surface area contributed by atoms with Gasteiger partial charge in [-0.15, -0.1) is 0 Å². The summed E-state index contributed by atoms with van der Waals surface area (Å²) in [7, 11) is 1.83. The van der Waals surface area contributed by atoms with Crippen LogP contribution in [0.25, 0.3) is 0 Å². The van der Waals surface area contributed by atoms with Crippen LogP contribution in [0.2, 0.25) is 0 Å². The number of rotatable bonds is 7. The van der Waals surface area contributed by atoms with Gasteiger partial charge in [-0.25, -0.2) is 0 Å². The van der Waals surface area contributed by atoms with Crippen molar-refractivity contribution in [3.05, 3.63) is 29.2 Å². The third-order valence-electron chi connectivity index (χ3n) is 5.66. The summed E-state index contributed by atoms with van der Waals surface area (Å²) in [6, 6.07) is -0.0146. The number of aromatic nitrogens is 4. The van der Waals surface area contributed by atoms with Crippen molar-refractivity contribution in [2.24, 2.45) is 13.0 Å². The molecule has 30 heavy (non-hydrogen) atoms. The van der Waals surface area contributed by atoms with Gasteiger partial charge < -0.3 is 14.3 Å². The lowest BCUT2D eigenvalue weighted by Crippen LogP contribution is -2.51. The van der Waals surface area contributed by atoms with E-state index in [1.165, 1.54) is 0 Å². The number of piperidine rings is 1. The number of carbonyl (C=O) groups excluding carboxylic acids is 2. The molecule has 2 aromatic heterocycles. The van der Waals surface area contributed by atoms with E-state index >= 15 is 0 Å². The van der Waals surface area contributed by atoms with E-state index in [0.717, 1.165) is 25.0 Å². The Morgan fingerprint density at radius 3 is 2.77 bits per heavy atom. The van der Waals surface area contributed by atoms with Crippen LogP contribution in [0.3, 0.4) is 0 Å². The maximum atomic E-state index is 13.0. The molecule has 0 radical (unpaired) electrons. The van der Waals surface area contributed by atoms with E-state index in [1.807, 2.05) is 23.8 Å². The van der Waals surface area contributed by atoms with Gasteiger partial charge in [0, 0.05) is 58.2 Å². The Labute approximate surface area is 177 Å². The highest BCUT2D eigenvalue weighted by atomic mass is 16.5. The Morgan fingerprint density at radius 2 is 2.13 bits per heavy atom. The predicted molar refractivity (Wildman–Crippen MR) is 111 cm³/mol. The van der Waals surface area contributed by atoms with Gasteiger partial charge in [-0.05, 0) is 25.7 Å². The lowest BCUT2D eigenvalue weighted by Gasteiger charge is -2.39. The zero-order valence-electron chi connectivity index (χ0n) is 18.6. The summed E-state index contributed by atoms with van der Waals surface area (Å²) >= 11 is 0. The minimum absolute atomic E-state index is 0.00208. The fourth-order valence-electron chi connectivity index (χ4n) is 3.91. The molecule has 1 aliphatic heterocycles. The van der Waals surface area contributed by atoms with Gasteiger partial charge in [0.05, 0.1) is 11.8 Å². The van der Waals surface area contributed by atoms with E-state index in [4.69, 9.17) is 4.52 Å². The first-order valence-electron chi connectivity index (χ1n) is 10.6. The quantitative estimate of drug-likeness (QED) is 0.685. The Kier molecular flexibility index (Phi) is 6.89. The van der Waals surface area contributed by atoms with Crippen LogP contribution in [-0.2, 0) is 24.7 Å². The van der Waals surface area contributed by atoms with E-state index in [2.05, 4.69) is 29.1 Å². The molecule has 9 heteroatoms. The van der Waals surface area contributed by atoms with E-state index in [1.54, 1.807) is 17.8 Å². The summed E-state index contributed by atoms with van der Waals surface area (Å²) in [5.41, 5.74) is 1.47. The van der Waals surface area contributed by atoms with Crippen LogP contribution >= 0.6 is 0 Å². The zero-order valence-corrected chi connectivity index (χ0v) is 18.6. The van der Waals surface area contributed by atoms with Crippen LogP contribution < -0.4 is 0 Å². The molecule has 0 aliphatic carbocycles. The molecule has 164 valence electrons.